The molecule has 2 nitrogen and oxygen atoms in total. The van der Waals surface area contributed by atoms with Gasteiger partial charge in [-0.2, -0.15) is 0 Å². The zero-order chi connectivity index (χ0) is 30.9. The molecule has 1 aromatic heterocycles. The predicted octanol–water partition coefficient (Wildman–Crippen LogP) is 13.9. The first-order valence-corrected chi connectivity index (χ1v) is 20.4. The van der Waals surface area contributed by atoms with E-state index >= 15 is 0 Å². The summed E-state index contributed by atoms with van der Waals surface area (Å²) in [5.74, 6) is 1.60. The van der Waals surface area contributed by atoms with Crippen LogP contribution in [0, 0.1) is 0 Å². The van der Waals surface area contributed by atoms with Crippen molar-refractivity contribution >= 4 is 0 Å². The smallest absolute Gasteiger partial charge is 0.234 e. The summed E-state index contributed by atoms with van der Waals surface area (Å²) >= 11 is 0. The molecule has 0 aliphatic heterocycles. The van der Waals surface area contributed by atoms with Gasteiger partial charge in [-0.1, -0.05) is 201 Å². The Kier molecular flexibility index (Phi) is 30.5. The first-order chi connectivity index (χ1) is 21.3. The quantitative estimate of drug-likeness (QED) is 0.0540. The Morgan fingerprint density at radius 3 is 1.09 bits per heavy atom. The van der Waals surface area contributed by atoms with Gasteiger partial charge in [0.2, 0.25) is 0 Å². The first-order valence-electron chi connectivity index (χ1n) is 20.4. The summed E-state index contributed by atoms with van der Waals surface area (Å²) in [6.45, 7) is 9.37. The van der Waals surface area contributed by atoms with Crippen LogP contribution < -0.4 is 4.57 Å². The SMILES string of the molecule is CCCCCCCCCCCCCCCCCCCc1n(CCCCCCCCCCCCCCC)cc[n+]1CCCC. The zero-order valence-corrected chi connectivity index (χ0v) is 30.3. The fraction of sp³-hybridized carbons (Fsp3) is 0.927. The number of unbranched alkanes of at least 4 members (excludes halogenated alkanes) is 29. The van der Waals surface area contributed by atoms with E-state index < -0.39 is 0 Å². The minimum Gasteiger partial charge on any atom is -0.234 e. The van der Waals surface area contributed by atoms with Gasteiger partial charge in [0, 0.05) is 6.42 Å². The molecule has 0 saturated heterocycles. The molecule has 0 bridgehead atoms. The van der Waals surface area contributed by atoms with Gasteiger partial charge < -0.3 is 0 Å². The molecule has 2 heteroatoms. The van der Waals surface area contributed by atoms with E-state index in [0.29, 0.717) is 0 Å². The Labute approximate surface area is 272 Å². The minimum absolute atomic E-state index is 1.20. The third kappa shape index (κ3) is 25.1. The highest BCUT2D eigenvalue weighted by Crippen LogP contribution is 2.16. The van der Waals surface area contributed by atoms with E-state index in [-0.39, 0.29) is 0 Å². The van der Waals surface area contributed by atoms with Crippen LogP contribution in [0.3, 0.4) is 0 Å². The van der Waals surface area contributed by atoms with Gasteiger partial charge in [-0.15, -0.1) is 0 Å². The maximum absolute atomic E-state index is 2.61. The van der Waals surface area contributed by atoms with Gasteiger partial charge in [0.05, 0.1) is 13.1 Å². The van der Waals surface area contributed by atoms with Crippen molar-refractivity contribution in [3.63, 3.8) is 0 Å². The number of nitrogens with zero attached hydrogens (tertiary/aromatic N) is 2. The standard InChI is InChI=1S/C41H81N2/c1-4-7-10-12-14-16-18-20-21-22-23-24-26-28-30-32-34-36-41-42(37-9-6-3)39-40-43(41)38-35-33-31-29-27-25-19-17-15-13-11-8-5-2/h39-40H,4-38H2,1-3H3/q+1. The number of aryl methyl sites for hydroxylation is 2. The fourth-order valence-electron chi connectivity index (χ4n) is 6.83. The van der Waals surface area contributed by atoms with Crippen molar-refractivity contribution in [3.05, 3.63) is 18.2 Å². The van der Waals surface area contributed by atoms with Crippen LogP contribution in [0.25, 0.3) is 0 Å². The Hall–Kier alpha value is -0.790. The monoisotopic (exact) mass is 602 g/mol. The molecule has 0 aromatic carbocycles. The third-order valence-electron chi connectivity index (χ3n) is 9.85. The van der Waals surface area contributed by atoms with Gasteiger partial charge in [-0.05, 0) is 25.7 Å². The highest BCUT2D eigenvalue weighted by atomic mass is 15.1. The van der Waals surface area contributed by atoms with E-state index in [1.807, 2.05) is 0 Å². The summed E-state index contributed by atoms with van der Waals surface area (Å²) in [5.41, 5.74) is 0. The molecule has 0 aliphatic carbocycles. The molecule has 0 amide bonds. The highest BCUT2D eigenvalue weighted by Gasteiger charge is 2.16. The number of hydrogen-bond acceptors (Lipinski definition) is 0. The van der Waals surface area contributed by atoms with Crippen LogP contribution in [0.2, 0.25) is 0 Å². The Morgan fingerprint density at radius 1 is 0.395 bits per heavy atom. The van der Waals surface area contributed by atoms with E-state index in [9.17, 15) is 0 Å². The Bertz CT molecular complexity index is 663. The minimum atomic E-state index is 1.20. The lowest BCUT2D eigenvalue weighted by atomic mass is 10.0. The van der Waals surface area contributed by atoms with Gasteiger partial charge in [-0.3, -0.25) is 0 Å². The van der Waals surface area contributed by atoms with Crippen LogP contribution in [0.4, 0.5) is 0 Å². The average molecular weight is 602 g/mol. The molecule has 0 N–H and O–H groups in total. The van der Waals surface area contributed by atoms with Crippen LogP contribution in [-0.2, 0) is 19.5 Å². The van der Waals surface area contributed by atoms with Crippen LogP contribution >= 0.6 is 0 Å². The number of aromatic nitrogens is 2. The second-order valence-electron chi connectivity index (χ2n) is 14.1. The lowest BCUT2D eigenvalue weighted by molar-refractivity contribution is -0.704. The van der Waals surface area contributed by atoms with Crippen LogP contribution in [0.5, 0.6) is 0 Å². The molecule has 0 fully saturated rings. The fourth-order valence-corrected chi connectivity index (χ4v) is 6.83. The molecule has 0 atom stereocenters. The summed E-state index contributed by atoms with van der Waals surface area (Å²) in [6, 6.07) is 0. The third-order valence-corrected chi connectivity index (χ3v) is 9.85. The molecule has 0 radical (unpaired) electrons. The zero-order valence-electron chi connectivity index (χ0n) is 30.3. The largest absolute Gasteiger partial charge is 0.256 e. The van der Waals surface area contributed by atoms with Crippen molar-refractivity contribution in [2.24, 2.45) is 0 Å². The summed E-state index contributed by atoms with van der Waals surface area (Å²) in [4.78, 5) is 0. The highest BCUT2D eigenvalue weighted by molar-refractivity contribution is 4.84. The first kappa shape index (κ1) is 40.2. The van der Waals surface area contributed by atoms with E-state index in [2.05, 4.69) is 42.3 Å². The van der Waals surface area contributed by atoms with Crippen LogP contribution in [-0.4, -0.2) is 4.57 Å². The van der Waals surface area contributed by atoms with E-state index in [1.54, 1.807) is 5.82 Å². The Morgan fingerprint density at radius 2 is 0.721 bits per heavy atom. The van der Waals surface area contributed by atoms with Crippen LogP contribution in [0.15, 0.2) is 12.4 Å². The van der Waals surface area contributed by atoms with Crippen molar-refractivity contribution in [1.29, 1.82) is 0 Å². The van der Waals surface area contributed by atoms with Gasteiger partial charge in [0.25, 0.3) is 5.82 Å². The van der Waals surface area contributed by atoms with Crippen molar-refractivity contribution in [1.82, 2.24) is 4.57 Å². The molecular weight excluding hydrogens is 520 g/mol. The van der Waals surface area contributed by atoms with Gasteiger partial charge in [-0.25, -0.2) is 9.13 Å². The number of hydrogen-bond donors (Lipinski definition) is 0. The predicted molar refractivity (Wildman–Crippen MR) is 193 cm³/mol. The van der Waals surface area contributed by atoms with Crippen molar-refractivity contribution in [2.75, 3.05) is 0 Å². The van der Waals surface area contributed by atoms with Crippen molar-refractivity contribution in [3.8, 4) is 0 Å². The molecule has 0 spiro atoms. The van der Waals surface area contributed by atoms with Gasteiger partial charge in [0.1, 0.15) is 12.4 Å². The molecule has 254 valence electrons. The lowest BCUT2D eigenvalue weighted by Gasteiger charge is -2.07. The normalized spacial score (nSPS) is 11.6. The summed E-state index contributed by atoms with van der Waals surface area (Å²) in [5, 5.41) is 0. The molecule has 1 rings (SSSR count). The molecule has 43 heavy (non-hydrogen) atoms. The molecule has 0 aliphatic rings. The maximum Gasteiger partial charge on any atom is 0.256 e. The molecular formula is C41H81N2+. The van der Waals surface area contributed by atoms with Gasteiger partial charge >= 0.3 is 0 Å². The Balaban J connectivity index is 2.06. The summed E-state index contributed by atoms with van der Waals surface area (Å²) in [6.07, 6.45) is 52.0. The van der Waals surface area contributed by atoms with Crippen LogP contribution in [0.1, 0.15) is 232 Å². The second kappa shape index (κ2) is 32.6. The molecule has 1 aromatic rings. The summed E-state index contributed by atoms with van der Waals surface area (Å²) in [7, 11) is 0. The molecule has 0 unspecified atom stereocenters. The average Bonchev–Trinajstić information content (AvgIpc) is 3.40. The number of rotatable bonds is 35. The van der Waals surface area contributed by atoms with E-state index in [1.165, 1.54) is 225 Å². The maximum atomic E-state index is 2.61. The van der Waals surface area contributed by atoms with E-state index in [0.717, 1.165) is 0 Å². The molecule has 1 heterocycles. The lowest BCUT2D eigenvalue weighted by Crippen LogP contribution is -2.37. The van der Waals surface area contributed by atoms with E-state index in [4.69, 9.17) is 0 Å². The second-order valence-corrected chi connectivity index (χ2v) is 14.1. The van der Waals surface area contributed by atoms with Crippen molar-refractivity contribution in [2.45, 2.75) is 246 Å². The number of imidazole rings is 1. The molecule has 0 saturated carbocycles. The summed E-state index contributed by atoms with van der Waals surface area (Å²) < 4.78 is 5.19. The topological polar surface area (TPSA) is 8.81 Å². The van der Waals surface area contributed by atoms with Crippen molar-refractivity contribution < 1.29 is 4.57 Å². The van der Waals surface area contributed by atoms with Gasteiger partial charge in [0.15, 0.2) is 0 Å².